The molecule has 0 amide bonds. The quantitative estimate of drug-likeness (QED) is 0.257. The predicted molar refractivity (Wildman–Crippen MR) is 143 cm³/mol. The van der Waals surface area contributed by atoms with Gasteiger partial charge in [0.1, 0.15) is 11.5 Å². The van der Waals surface area contributed by atoms with Crippen molar-refractivity contribution < 1.29 is 36.2 Å². The van der Waals surface area contributed by atoms with Crippen molar-refractivity contribution in [2.24, 2.45) is 18.1 Å². The summed E-state index contributed by atoms with van der Waals surface area (Å²) in [6.07, 6.45) is 0. The van der Waals surface area contributed by atoms with Crippen LogP contribution in [-0.4, -0.2) is 42.7 Å². The molecule has 36 heavy (non-hydrogen) atoms. The molecule has 0 N–H and O–H groups in total. The summed E-state index contributed by atoms with van der Waals surface area (Å²) in [5.74, 6) is 0.915. The summed E-state index contributed by atoms with van der Waals surface area (Å²) in [4.78, 5) is 0. The van der Waals surface area contributed by atoms with E-state index in [0.29, 0.717) is 11.5 Å². The normalized spacial score (nSPS) is 19.3. The van der Waals surface area contributed by atoms with Crippen molar-refractivity contribution in [3.05, 3.63) is 59.7 Å². The Balaban J connectivity index is 2.47. The molecule has 1 aliphatic rings. The SMILES string of the molecule is COP1(OC)=NP(OC)(OC)=NP(Oc2cccc(C)c2)(Oc2cccc(C)c2)=NP(OC)(OC)=N1. The number of hydrogen-bond donors (Lipinski definition) is 0. The van der Waals surface area contributed by atoms with Crippen LogP contribution in [0, 0.1) is 13.8 Å². The highest BCUT2D eigenvalue weighted by molar-refractivity contribution is 7.78. The zero-order valence-electron chi connectivity index (χ0n) is 21.5. The molecule has 0 saturated heterocycles. The van der Waals surface area contributed by atoms with Crippen molar-refractivity contribution in [1.29, 1.82) is 0 Å². The number of aryl methyl sites for hydroxylation is 2. The molecular formula is C20H32N4O8P4. The summed E-state index contributed by atoms with van der Waals surface area (Å²) >= 11 is 0. The lowest BCUT2D eigenvalue weighted by molar-refractivity contribution is 0.307. The third-order valence-corrected chi connectivity index (χ3v) is 15.7. The molecule has 1 aliphatic heterocycles. The minimum Gasteiger partial charge on any atom is -0.413 e. The Labute approximate surface area is 212 Å². The highest BCUT2D eigenvalue weighted by atomic mass is 31.3. The fourth-order valence-electron chi connectivity index (χ4n) is 3.02. The molecule has 0 radical (unpaired) electrons. The highest BCUT2D eigenvalue weighted by Crippen LogP contribution is 2.79. The molecule has 0 bridgehead atoms. The molecule has 200 valence electrons. The maximum atomic E-state index is 6.46. The van der Waals surface area contributed by atoms with Gasteiger partial charge in [-0.15, -0.1) is 18.1 Å². The van der Waals surface area contributed by atoms with Gasteiger partial charge in [0.25, 0.3) is 0 Å². The summed E-state index contributed by atoms with van der Waals surface area (Å²) < 4.78 is 66.1. The summed E-state index contributed by atoms with van der Waals surface area (Å²) in [6.45, 7) is 3.88. The van der Waals surface area contributed by atoms with E-state index in [4.69, 9.17) is 45.2 Å². The van der Waals surface area contributed by atoms with Crippen LogP contribution in [0.2, 0.25) is 0 Å². The second-order valence-corrected chi connectivity index (χ2v) is 16.6. The Morgan fingerprint density at radius 2 is 0.778 bits per heavy atom. The van der Waals surface area contributed by atoms with Gasteiger partial charge in [-0.05, 0) is 49.2 Å². The van der Waals surface area contributed by atoms with Crippen LogP contribution >= 0.6 is 30.6 Å². The van der Waals surface area contributed by atoms with E-state index in [2.05, 4.69) is 9.03 Å². The van der Waals surface area contributed by atoms with Gasteiger partial charge in [-0.3, -0.25) is 0 Å². The van der Waals surface area contributed by atoms with Crippen LogP contribution in [0.1, 0.15) is 11.1 Å². The molecule has 12 nitrogen and oxygen atoms in total. The van der Waals surface area contributed by atoms with Crippen LogP contribution in [0.25, 0.3) is 0 Å². The molecule has 0 spiro atoms. The maximum absolute atomic E-state index is 6.46. The van der Waals surface area contributed by atoms with Crippen LogP contribution in [0.15, 0.2) is 66.6 Å². The smallest absolute Gasteiger partial charge is 0.413 e. The van der Waals surface area contributed by atoms with Crippen molar-refractivity contribution in [2.75, 3.05) is 42.7 Å². The molecule has 3 rings (SSSR count). The van der Waals surface area contributed by atoms with Crippen molar-refractivity contribution in [3.8, 4) is 11.5 Å². The Bertz CT molecular complexity index is 1230. The Morgan fingerprint density at radius 1 is 0.472 bits per heavy atom. The van der Waals surface area contributed by atoms with E-state index in [0.717, 1.165) is 11.1 Å². The molecule has 2 aromatic rings. The van der Waals surface area contributed by atoms with Gasteiger partial charge in [-0.25, -0.2) is 0 Å². The fraction of sp³-hybridized carbons (Fsp3) is 0.400. The third-order valence-electron chi connectivity index (χ3n) is 4.76. The standard InChI is InChI=1S/C20H32N4O8P4/c1-17-11-9-13-19(15-17)31-36(32-20-14-10-12-18(2)16-20)23-34(27-5,28-6)21-33(25-3,26-4)22-35(24-36,29-7)30-8/h9-16H,1-8H3. The van der Waals surface area contributed by atoms with Gasteiger partial charge >= 0.3 is 30.6 Å². The van der Waals surface area contributed by atoms with E-state index in [1.54, 1.807) is 12.1 Å². The second-order valence-electron chi connectivity index (χ2n) is 7.23. The van der Waals surface area contributed by atoms with E-state index in [-0.39, 0.29) is 0 Å². The molecule has 0 aliphatic carbocycles. The maximum Gasteiger partial charge on any atom is 0.457 e. The van der Waals surface area contributed by atoms with Crippen molar-refractivity contribution in [1.82, 2.24) is 0 Å². The third kappa shape index (κ3) is 6.58. The van der Waals surface area contributed by atoms with Crippen LogP contribution in [-0.2, 0) is 27.1 Å². The Morgan fingerprint density at radius 3 is 1.08 bits per heavy atom. The average molecular weight is 580 g/mol. The average Bonchev–Trinajstić information content (AvgIpc) is 2.86. The predicted octanol–water partition coefficient (Wildman–Crippen LogP) is 8.44. The molecule has 1 heterocycles. The molecule has 0 aromatic heterocycles. The first kappa shape index (κ1) is 29.3. The van der Waals surface area contributed by atoms with Crippen LogP contribution in [0.3, 0.4) is 0 Å². The zero-order chi connectivity index (χ0) is 26.5. The molecule has 0 atom stereocenters. The molecule has 0 saturated carbocycles. The van der Waals surface area contributed by atoms with Crippen LogP contribution in [0.5, 0.6) is 11.5 Å². The summed E-state index contributed by atoms with van der Waals surface area (Å²) in [5.41, 5.74) is 1.93. The van der Waals surface area contributed by atoms with Crippen molar-refractivity contribution in [3.63, 3.8) is 0 Å². The minimum atomic E-state index is -3.76. The van der Waals surface area contributed by atoms with Crippen molar-refractivity contribution >= 4 is 30.6 Å². The summed E-state index contributed by atoms with van der Waals surface area (Å²) in [6, 6.07) is 14.8. The van der Waals surface area contributed by atoms with Gasteiger partial charge in [0.15, 0.2) is 0 Å². The summed E-state index contributed by atoms with van der Waals surface area (Å²) in [7, 11) is -5.72. The van der Waals surface area contributed by atoms with E-state index >= 15 is 0 Å². The largest absolute Gasteiger partial charge is 0.457 e. The zero-order valence-corrected chi connectivity index (χ0v) is 25.0. The van der Waals surface area contributed by atoms with Crippen LogP contribution in [0.4, 0.5) is 0 Å². The van der Waals surface area contributed by atoms with Gasteiger partial charge in [-0.1, -0.05) is 24.3 Å². The first-order valence-corrected chi connectivity index (χ1v) is 16.7. The molecule has 0 unspecified atom stereocenters. The van der Waals surface area contributed by atoms with E-state index in [1.165, 1.54) is 42.7 Å². The van der Waals surface area contributed by atoms with E-state index in [1.807, 2.05) is 50.2 Å². The molecule has 16 heteroatoms. The number of benzene rings is 2. The molecule has 2 aromatic carbocycles. The lowest BCUT2D eigenvalue weighted by atomic mass is 10.2. The molecule has 0 fully saturated rings. The lowest BCUT2D eigenvalue weighted by Crippen LogP contribution is -2.04. The van der Waals surface area contributed by atoms with Gasteiger partial charge in [0.2, 0.25) is 0 Å². The molecular weight excluding hydrogens is 548 g/mol. The van der Waals surface area contributed by atoms with Gasteiger partial charge in [0, 0.05) is 42.7 Å². The first-order valence-electron chi connectivity index (χ1n) is 10.6. The lowest BCUT2D eigenvalue weighted by Gasteiger charge is -2.30. The van der Waals surface area contributed by atoms with E-state index < -0.39 is 30.6 Å². The van der Waals surface area contributed by atoms with Gasteiger partial charge in [0.05, 0.1) is 0 Å². The number of rotatable bonds is 10. The first-order chi connectivity index (χ1) is 17.1. The summed E-state index contributed by atoms with van der Waals surface area (Å²) in [5, 5.41) is 0. The van der Waals surface area contributed by atoms with E-state index in [9.17, 15) is 0 Å². The Kier molecular flexibility index (Phi) is 9.81. The number of hydrogen-bond acceptors (Lipinski definition) is 12. The highest BCUT2D eigenvalue weighted by Gasteiger charge is 2.43. The van der Waals surface area contributed by atoms with Crippen molar-refractivity contribution in [2.45, 2.75) is 13.8 Å². The number of nitrogens with zero attached hydrogens (tertiary/aromatic N) is 4. The van der Waals surface area contributed by atoms with Crippen LogP contribution < -0.4 is 9.05 Å². The second kappa shape index (κ2) is 12.1. The monoisotopic (exact) mass is 580 g/mol. The fourth-order valence-corrected chi connectivity index (χ4v) is 14.8. The topological polar surface area (TPSA) is 123 Å². The Hall–Kier alpha value is -1.28. The van der Waals surface area contributed by atoms with Gasteiger partial charge in [-0.2, -0.15) is 0 Å². The van der Waals surface area contributed by atoms with Gasteiger partial charge < -0.3 is 36.2 Å². The minimum absolute atomic E-state index is 0.458.